The zero-order valence-electron chi connectivity index (χ0n) is 6.94. The molecule has 0 radical (unpaired) electrons. The molecule has 1 aromatic rings. The molecule has 1 nitrogen and oxygen atoms in total. The maximum Gasteiger partial charge on any atom is 0.416 e. The summed E-state index contributed by atoms with van der Waals surface area (Å²) >= 11 is 5.73. The van der Waals surface area contributed by atoms with E-state index in [0.29, 0.717) is 17.2 Å². The van der Waals surface area contributed by atoms with Crippen LogP contribution in [-0.4, -0.2) is 6.61 Å². The molecule has 0 spiro atoms. The third-order valence-electron chi connectivity index (χ3n) is 2.00. The van der Waals surface area contributed by atoms with Gasteiger partial charge in [-0.25, -0.2) is 0 Å². The molecule has 0 amide bonds. The van der Waals surface area contributed by atoms with Gasteiger partial charge in [0.25, 0.3) is 0 Å². The number of benzene rings is 1. The third kappa shape index (κ3) is 1.86. The van der Waals surface area contributed by atoms with E-state index in [0.717, 1.165) is 12.1 Å². The minimum Gasteiger partial charge on any atom is -0.368 e. The fraction of sp³-hybridized carbons (Fsp3) is 0.333. The zero-order chi connectivity index (χ0) is 10.3. The van der Waals surface area contributed by atoms with Crippen LogP contribution in [-0.2, 0) is 10.9 Å². The van der Waals surface area contributed by atoms with Crippen LogP contribution in [0.5, 0.6) is 0 Å². The van der Waals surface area contributed by atoms with Gasteiger partial charge < -0.3 is 4.74 Å². The number of hydrogen-bond donors (Lipinski definition) is 0. The maximum absolute atomic E-state index is 12.3. The summed E-state index contributed by atoms with van der Waals surface area (Å²) in [6, 6.07) is 3.26. The number of ether oxygens (including phenoxy) is 1. The Labute approximate surface area is 83.4 Å². The van der Waals surface area contributed by atoms with E-state index in [9.17, 15) is 13.2 Å². The first-order chi connectivity index (χ1) is 6.48. The average Bonchev–Trinajstić information content (AvgIpc) is 2.85. The minimum absolute atomic E-state index is 0.259. The van der Waals surface area contributed by atoms with Gasteiger partial charge >= 0.3 is 6.18 Å². The summed E-state index contributed by atoms with van der Waals surface area (Å²) in [4.78, 5) is 0. The highest BCUT2D eigenvalue weighted by molar-refractivity contribution is 6.31. The fourth-order valence-electron chi connectivity index (χ4n) is 1.19. The van der Waals surface area contributed by atoms with Gasteiger partial charge in [-0.05, 0) is 18.2 Å². The number of alkyl halides is 3. The van der Waals surface area contributed by atoms with Crippen LogP contribution in [0.1, 0.15) is 17.2 Å². The number of halogens is 4. The predicted molar refractivity (Wildman–Crippen MR) is 45.1 cm³/mol. The zero-order valence-corrected chi connectivity index (χ0v) is 7.69. The predicted octanol–water partition coefficient (Wildman–Crippen LogP) is 3.43. The standard InChI is InChI=1S/C9H6ClF3O/c10-7-2-1-5(9(11,12)13)3-6(7)8-4-14-8/h1-3,8H,4H2/t8-/m0/s1. The Balaban J connectivity index is 2.40. The van der Waals surface area contributed by atoms with E-state index in [1.165, 1.54) is 6.07 Å². The van der Waals surface area contributed by atoms with Crippen molar-refractivity contribution in [2.75, 3.05) is 6.61 Å². The number of epoxide rings is 1. The highest BCUT2D eigenvalue weighted by atomic mass is 35.5. The summed E-state index contributed by atoms with van der Waals surface area (Å²) in [5.74, 6) is 0. The highest BCUT2D eigenvalue weighted by Crippen LogP contribution is 2.38. The van der Waals surface area contributed by atoms with Crippen LogP contribution in [0.15, 0.2) is 18.2 Å². The molecule has 5 heteroatoms. The smallest absolute Gasteiger partial charge is 0.368 e. The first kappa shape index (κ1) is 9.80. The molecule has 1 fully saturated rings. The van der Waals surface area contributed by atoms with Crippen molar-refractivity contribution in [2.45, 2.75) is 12.3 Å². The average molecular weight is 223 g/mol. The Morgan fingerprint density at radius 3 is 2.50 bits per heavy atom. The van der Waals surface area contributed by atoms with E-state index in [1.807, 2.05) is 0 Å². The van der Waals surface area contributed by atoms with Crippen molar-refractivity contribution < 1.29 is 17.9 Å². The van der Waals surface area contributed by atoms with Crippen LogP contribution in [0.4, 0.5) is 13.2 Å². The normalized spacial score (nSPS) is 21.0. The summed E-state index contributed by atoms with van der Waals surface area (Å²) in [6.07, 6.45) is -4.58. The molecular formula is C9H6ClF3O. The lowest BCUT2D eigenvalue weighted by Crippen LogP contribution is -2.05. The molecule has 0 bridgehead atoms. The van der Waals surface area contributed by atoms with Gasteiger partial charge in [-0.15, -0.1) is 0 Å². The summed E-state index contributed by atoms with van der Waals surface area (Å²) < 4.78 is 41.8. The van der Waals surface area contributed by atoms with E-state index >= 15 is 0 Å². The molecular weight excluding hydrogens is 217 g/mol. The van der Waals surface area contributed by atoms with Gasteiger partial charge in [-0.1, -0.05) is 11.6 Å². The molecule has 0 unspecified atom stereocenters. The summed E-state index contributed by atoms with van der Waals surface area (Å²) in [6.45, 7) is 0.445. The Morgan fingerprint density at radius 1 is 1.36 bits per heavy atom. The lowest BCUT2D eigenvalue weighted by molar-refractivity contribution is -0.137. The number of hydrogen-bond acceptors (Lipinski definition) is 1. The van der Waals surface area contributed by atoms with Crippen molar-refractivity contribution in [2.24, 2.45) is 0 Å². The molecule has 1 heterocycles. The first-order valence-electron chi connectivity index (χ1n) is 3.97. The van der Waals surface area contributed by atoms with Gasteiger partial charge in [-0.2, -0.15) is 13.2 Å². The maximum atomic E-state index is 12.3. The van der Waals surface area contributed by atoms with E-state index in [1.54, 1.807) is 0 Å². The number of rotatable bonds is 1. The van der Waals surface area contributed by atoms with E-state index < -0.39 is 11.7 Å². The lowest BCUT2D eigenvalue weighted by atomic mass is 10.1. The Kier molecular flexibility index (Phi) is 2.20. The van der Waals surface area contributed by atoms with Crippen LogP contribution in [0, 0.1) is 0 Å². The third-order valence-corrected chi connectivity index (χ3v) is 2.35. The molecule has 1 aromatic carbocycles. The highest BCUT2D eigenvalue weighted by Gasteiger charge is 2.34. The Bertz CT molecular complexity index is 358. The summed E-state index contributed by atoms with van der Waals surface area (Å²) in [5.41, 5.74) is -0.270. The summed E-state index contributed by atoms with van der Waals surface area (Å²) in [7, 11) is 0. The summed E-state index contributed by atoms with van der Waals surface area (Å²) in [5, 5.41) is 0.320. The van der Waals surface area contributed by atoms with Crippen molar-refractivity contribution in [3.8, 4) is 0 Å². The van der Waals surface area contributed by atoms with Gasteiger partial charge in [0.05, 0.1) is 12.2 Å². The SMILES string of the molecule is FC(F)(F)c1ccc(Cl)c([C@@H]2CO2)c1. The second kappa shape index (κ2) is 3.14. The Hall–Kier alpha value is -0.740. The van der Waals surface area contributed by atoms with Crippen molar-refractivity contribution >= 4 is 11.6 Å². The van der Waals surface area contributed by atoms with Gasteiger partial charge in [0.15, 0.2) is 0 Å². The fourth-order valence-corrected chi connectivity index (χ4v) is 1.43. The largest absolute Gasteiger partial charge is 0.416 e. The molecule has 0 aliphatic carbocycles. The van der Waals surface area contributed by atoms with Crippen molar-refractivity contribution in [3.63, 3.8) is 0 Å². The molecule has 1 atom stereocenters. The van der Waals surface area contributed by atoms with Crippen LogP contribution >= 0.6 is 11.6 Å². The van der Waals surface area contributed by atoms with Crippen molar-refractivity contribution in [1.82, 2.24) is 0 Å². The minimum atomic E-state index is -4.33. The monoisotopic (exact) mass is 222 g/mol. The molecule has 1 saturated heterocycles. The second-order valence-corrected chi connectivity index (χ2v) is 3.46. The van der Waals surface area contributed by atoms with Crippen LogP contribution < -0.4 is 0 Å². The first-order valence-corrected chi connectivity index (χ1v) is 4.34. The van der Waals surface area contributed by atoms with Gasteiger partial charge in [0.2, 0.25) is 0 Å². The molecule has 1 aliphatic rings. The second-order valence-electron chi connectivity index (χ2n) is 3.06. The van der Waals surface area contributed by atoms with E-state index in [4.69, 9.17) is 16.3 Å². The van der Waals surface area contributed by atoms with Crippen molar-refractivity contribution in [3.05, 3.63) is 34.3 Å². The van der Waals surface area contributed by atoms with Gasteiger partial charge in [0.1, 0.15) is 6.10 Å². The molecule has 76 valence electrons. The molecule has 14 heavy (non-hydrogen) atoms. The van der Waals surface area contributed by atoms with Crippen LogP contribution in [0.3, 0.4) is 0 Å². The van der Waals surface area contributed by atoms with Crippen LogP contribution in [0.2, 0.25) is 5.02 Å². The quantitative estimate of drug-likeness (QED) is 0.664. The van der Waals surface area contributed by atoms with Gasteiger partial charge in [-0.3, -0.25) is 0 Å². The molecule has 1 aliphatic heterocycles. The van der Waals surface area contributed by atoms with E-state index in [2.05, 4.69) is 0 Å². The molecule has 0 saturated carbocycles. The molecule has 0 aromatic heterocycles. The van der Waals surface area contributed by atoms with E-state index in [-0.39, 0.29) is 6.10 Å². The van der Waals surface area contributed by atoms with Crippen LogP contribution in [0.25, 0.3) is 0 Å². The van der Waals surface area contributed by atoms with Crippen molar-refractivity contribution in [1.29, 1.82) is 0 Å². The lowest BCUT2D eigenvalue weighted by Gasteiger charge is -2.08. The topological polar surface area (TPSA) is 12.5 Å². The van der Waals surface area contributed by atoms with Gasteiger partial charge in [0, 0.05) is 10.6 Å². The molecule has 0 N–H and O–H groups in total. The Morgan fingerprint density at radius 2 is 2.00 bits per heavy atom. The molecule has 2 rings (SSSR count).